The van der Waals surface area contributed by atoms with Gasteiger partial charge in [0.2, 0.25) is 11.8 Å². The fourth-order valence-corrected chi connectivity index (χ4v) is 4.26. The Morgan fingerprint density at radius 1 is 1.18 bits per heavy atom. The van der Waals surface area contributed by atoms with Crippen LogP contribution in [0.25, 0.3) is 11.7 Å². The van der Waals surface area contributed by atoms with Gasteiger partial charge < -0.3 is 20.3 Å². The van der Waals surface area contributed by atoms with Crippen molar-refractivity contribution in [3.8, 4) is 5.88 Å². The minimum absolute atomic E-state index is 0.238. The van der Waals surface area contributed by atoms with E-state index in [-0.39, 0.29) is 17.6 Å². The minimum Gasteiger partial charge on any atom is -0.493 e. The third-order valence-electron chi connectivity index (χ3n) is 6.13. The highest BCUT2D eigenvalue weighted by atomic mass is 16.3. The molecule has 11 heteroatoms. The topological polar surface area (TPSA) is 140 Å². The Bertz CT molecular complexity index is 1520. The second-order valence-electron chi connectivity index (χ2n) is 8.70. The molecular formula is C23H25N9O2. The normalized spacial score (nSPS) is 17.2. The van der Waals surface area contributed by atoms with E-state index < -0.39 is 5.69 Å². The van der Waals surface area contributed by atoms with Crippen LogP contribution >= 0.6 is 0 Å². The van der Waals surface area contributed by atoms with Crippen LogP contribution in [-0.2, 0) is 6.54 Å². The molecule has 0 amide bonds. The maximum atomic E-state index is 11.5. The van der Waals surface area contributed by atoms with Gasteiger partial charge in [0.1, 0.15) is 5.69 Å². The second kappa shape index (κ2) is 8.32. The molecule has 0 spiro atoms. The van der Waals surface area contributed by atoms with Crippen molar-refractivity contribution in [1.29, 1.82) is 0 Å². The van der Waals surface area contributed by atoms with Crippen LogP contribution in [0, 0.1) is 0 Å². The molecule has 4 N–H and O–H groups in total. The third kappa shape index (κ3) is 4.00. The van der Waals surface area contributed by atoms with Gasteiger partial charge in [-0.15, -0.1) is 0 Å². The number of hydrogen-bond acceptors (Lipinski definition) is 8. The summed E-state index contributed by atoms with van der Waals surface area (Å²) in [5, 5.41) is 18.4. The van der Waals surface area contributed by atoms with Crippen LogP contribution in [0.5, 0.6) is 5.88 Å². The van der Waals surface area contributed by atoms with E-state index >= 15 is 0 Å². The first-order valence-electron chi connectivity index (χ1n) is 11.5. The lowest BCUT2D eigenvalue weighted by molar-refractivity contribution is 0.454. The number of rotatable bonds is 6. The fourth-order valence-electron chi connectivity index (χ4n) is 4.26. The summed E-state index contributed by atoms with van der Waals surface area (Å²) in [5.74, 6) is 0.211. The quantitative estimate of drug-likeness (QED) is 0.332. The number of nitrogens with zero attached hydrogens (tertiary/aromatic N) is 6. The van der Waals surface area contributed by atoms with Crippen molar-refractivity contribution in [3.63, 3.8) is 0 Å². The van der Waals surface area contributed by atoms with Crippen LogP contribution in [-0.4, -0.2) is 53.8 Å². The van der Waals surface area contributed by atoms with Crippen molar-refractivity contribution < 1.29 is 5.11 Å². The molecule has 11 nitrogen and oxygen atoms in total. The first kappa shape index (κ1) is 20.5. The molecule has 2 aliphatic rings. The molecule has 1 aromatic carbocycles. The van der Waals surface area contributed by atoms with E-state index in [4.69, 9.17) is 4.99 Å². The zero-order chi connectivity index (χ0) is 23.1. The molecule has 0 unspecified atom stereocenters. The highest BCUT2D eigenvalue weighted by Crippen LogP contribution is 2.25. The van der Waals surface area contributed by atoms with Gasteiger partial charge in [0, 0.05) is 30.5 Å². The van der Waals surface area contributed by atoms with Crippen molar-refractivity contribution in [3.05, 3.63) is 63.0 Å². The SMILES string of the molecule is O=c1[nH]c(O)c(C=c2cnn3c(=NC4CC4)nc(NCc4ccccc4N4CCCC4)nc23)[nH]1. The number of hydrogen-bond donors (Lipinski definition) is 4. The van der Waals surface area contributed by atoms with E-state index in [0.29, 0.717) is 29.0 Å². The lowest BCUT2D eigenvalue weighted by atomic mass is 10.1. The summed E-state index contributed by atoms with van der Waals surface area (Å²) in [6.07, 6.45) is 7.75. The van der Waals surface area contributed by atoms with Crippen LogP contribution < -0.4 is 26.7 Å². The average Bonchev–Trinajstić information content (AvgIpc) is 3.20. The maximum Gasteiger partial charge on any atom is 0.326 e. The maximum absolute atomic E-state index is 11.5. The molecule has 0 bridgehead atoms. The van der Waals surface area contributed by atoms with Gasteiger partial charge in [-0.05, 0) is 43.4 Å². The van der Waals surface area contributed by atoms with E-state index in [1.807, 2.05) is 6.07 Å². The van der Waals surface area contributed by atoms with Gasteiger partial charge >= 0.3 is 5.69 Å². The summed E-state index contributed by atoms with van der Waals surface area (Å²) in [6.45, 7) is 2.73. The summed E-state index contributed by atoms with van der Waals surface area (Å²) in [4.78, 5) is 32.8. The molecule has 1 saturated carbocycles. The number of benzene rings is 1. The van der Waals surface area contributed by atoms with Crippen molar-refractivity contribution in [2.45, 2.75) is 38.3 Å². The molecule has 1 aliphatic heterocycles. The number of aromatic hydroxyl groups is 1. The molecule has 174 valence electrons. The molecule has 6 rings (SSSR count). The molecule has 34 heavy (non-hydrogen) atoms. The van der Waals surface area contributed by atoms with Gasteiger partial charge in [-0.25, -0.2) is 9.79 Å². The fraction of sp³-hybridized carbons (Fsp3) is 0.348. The highest BCUT2D eigenvalue weighted by Gasteiger charge is 2.21. The standard InChI is InChI=1S/C23H25N9O2/c33-20-17(27-23(34)29-20)11-15-13-25-32-19(15)28-21(30-22(32)26-16-7-8-16)24-12-14-5-1-2-6-18(14)31-9-3-4-10-31/h1-2,5-6,11,13,16,33H,3-4,7-10,12H2,(H,24,26,30)(H2,27,29,34). The predicted molar refractivity (Wildman–Crippen MR) is 126 cm³/mol. The highest BCUT2D eigenvalue weighted by molar-refractivity contribution is 5.58. The first-order valence-corrected chi connectivity index (χ1v) is 11.5. The first-order chi connectivity index (χ1) is 16.6. The number of fused-ring (bicyclic) bond motifs is 1. The van der Waals surface area contributed by atoms with Crippen LogP contribution in [0.4, 0.5) is 11.6 Å². The molecule has 4 heterocycles. The van der Waals surface area contributed by atoms with Gasteiger partial charge in [-0.2, -0.15) is 19.6 Å². The molecule has 4 aromatic rings. The molecule has 0 radical (unpaired) electrons. The van der Waals surface area contributed by atoms with Gasteiger partial charge in [0.25, 0.3) is 5.62 Å². The molecule has 1 aliphatic carbocycles. The number of aromatic nitrogens is 6. The van der Waals surface area contributed by atoms with Crippen molar-refractivity contribution in [2.24, 2.45) is 4.99 Å². The monoisotopic (exact) mass is 459 g/mol. The van der Waals surface area contributed by atoms with Crippen LogP contribution in [0.1, 0.15) is 36.9 Å². The van der Waals surface area contributed by atoms with E-state index in [0.717, 1.165) is 25.9 Å². The van der Waals surface area contributed by atoms with Crippen molar-refractivity contribution in [1.82, 2.24) is 29.5 Å². The Balaban J connectivity index is 1.39. The van der Waals surface area contributed by atoms with Gasteiger partial charge in [0.05, 0.1) is 12.2 Å². The van der Waals surface area contributed by atoms with Crippen molar-refractivity contribution >= 4 is 23.4 Å². The largest absolute Gasteiger partial charge is 0.493 e. The molecule has 0 atom stereocenters. The van der Waals surface area contributed by atoms with E-state index in [1.54, 1.807) is 16.8 Å². The lowest BCUT2D eigenvalue weighted by Gasteiger charge is -2.21. The molecular weight excluding hydrogens is 434 g/mol. The van der Waals surface area contributed by atoms with Crippen LogP contribution in [0.15, 0.2) is 40.2 Å². The summed E-state index contributed by atoms with van der Waals surface area (Å²) in [7, 11) is 0. The molecule has 1 saturated heterocycles. The van der Waals surface area contributed by atoms with Crippen molar-refractivity contribution in [2.75, 3.05) is 23.3 Å². The van der Waals surface area contributed by atoms with Gasteiger partial charge in [-0.3, -0.25) is 4.98 Å². The van der Waals surface area contributed by atoms with Crippen LogP contribution in [0.3, 0.4) is 0 Å². The number of nitrogens with one attached hydrogen (secondary N) is 3. The Kier molecular flexibility index (Phi) is 5.01. The van der Waals surface area contributed by atoms with Gasteiger partial charge in [0.15, 0.2) is 5.65 Å². The number of aromatic amines is 2. The summed E-state index contributed by atoms with van der Waals surface area (Å²) in [5.41, 5.74) is 3.21. The van der Waals surface area contributed by atoms with Gasteiger partial charge in [-0.1, -0.05) is 18.2 Å². The zero-order valence-electron chi connectivity index (χ0n) is 18.5. The number of imidazole rings is 1. The third-order valence-corrected chi connectivity index (χ3v) is 6.13. The molecule has 2 fully saturated rings. The summed E-state index contributed by atoms with van der Waals surface area (Å²) in [6, 6.07) is 8.65. The number of para-hydroxylation sites is 1. The number of anilines is 2. The summed E-state index contributed by atoms with van der Waals surface area (Å²) < 4.78 is 1.59. The zero-order valence-corrected chi connectivity index (χ0v) is 18.5. The Labute approximate surface area is 193 Å². The Morgan fingerprint density at radius 2 is 2.00 bits per heavy atom. The number of H-pyrrole nitrogens is 2. The van der Waals surface area contributed by atoms with E-state index in [2.05, 4.69) is 53.5 Å². The Hall–Kier alpha value is -4.15. The second-order valence-corrected chi connectivity index (χ2v) is 8.70. The lowest BCUT2D eigenvalue weighted by Crippen LogP contribution is -2.25. The minimum atomic E-state index is -0.488. The molecule has 3 aromatic heterocycles. The van der Waals surface area contributed by atoms with E-state index in [1.165, 1.54) is 24.1 Å². The van der Waals surface area contributed by atoms with Crippen LogP contribution in [0.2, 0.25) is 0 Å². The average molecular weight is 460 g/mol. The Morgan fingerprint density at radius 3 is 2.76 bits per heavy atom. The predicted octanol–water partition coefficient (Wildman–Crippen LogP) is 0.669. The summed E-state index contributed by atoms with van der Waals surface area (Å²) >= 11 is 0. The van der Waals surface area contributed by atoms with E-state index in [9.17, 15) is 9.90 Å². The smallest absolute Gasteiger partial charge is 0.326 e.